The average molecular weight is 494 g/mol. The van der Waals surface area contributed by atoms with E-state index in [0.717, 1.165) is 4.47 Å². The van der Waals surface area contributed by atoms with Crippen LogP contribution in [0.5, 0.6) is 0 Å². The van der Waals surface area contributed by atoms with Crippen LogP contribution in [0.15, 0.2) is 53.0 Å². The Morgan fingerprint density at radius 2 is 1.09 bits per heavy atom. The zero-order chi connectivity index (χ0) is 18.3. The van der Waals surface area contributed by atoms with Crippen LogP contribution in [0.1, 0.15) is 50.3 Å². The van der Waals surface area contributed by atoms with Gasteiger partial charge in [-0.1, -0.05) is 77.3 Å². The van der Waals surface area contributed by atoms with Gasteiger partial charge in [-0.25, -0.2) is 0 Å². The molecule has 0 bridgehead atoms. The van der Waals surface area contributed by atoms with Crippen LogP contribution in [0.25, 0.3) is 0 Å². The van der Waals surface area contributed by atoms with Gasteiger partial charge < -0.3 is 6.42 Å². The maximum absolute atomic E-state index is 3.35. The molecule has 0 atom stereocenters. The zero-order valence-corrected chi connectivity index (χ0v) is 21.4. The van der Waals surface area contributed by atoms with Crippen molar-refractivity contribution in [1.29, 1.82) is 0 Å². The molecule has 0 spiro atoms. The van der Waals surface area contributed by atoms with E-state index in [1.165, 1.54) is 33.0 Å². The number of halogens is 2. The number of benzene rings is 2. The molecule has 0 aliphatic carbocycles. The van der Waals surface area contributed by atoms with Crippen molar-refractivity contribution < 1.29 is 16.3 Å². The zero-order valence-electron chi connectivity index (χ0n) is 15.2. The fourth-order valence-electron chi connectivity index (χ4n) is 1.48. The Morgan fingerprint density at radius 1 is 0.783 bits per heavy atom. The van der Waals surface area contributed by atoms with Gasteiger partial charge in [-0.3, -0.25) is 0 Å². The van der Waals surface area contributed by atoms with Crippen LogP contribution in [0.4, 0.5) is 0 Å². The summed E-state index contributed by atoms with van der Waals surface area (Å²) in [4.78, 5) is 0. The molecule has 124 valence electrons. The quantitative estimate of drug-likeness (QED) is 0.279. The second-order valence-electron chi connectivity index (χ2n) is 5.44. The van der Waals surface area contributed by atoms with E-state index in [0.29, 0.717) is 5.92 Å². The summed E-state index contributed by atoms with van der Waals surface area (Å²) < 4.78 is 1.14. The molecule has 0 radical (unpaired) electrons. The minimum atomic E-state index is 0.653. The SMILES string of the molecule is C[CH-]C.Cc1ccc(Br)cc1.Cc1ccc(C(C)C)cc1.[Zn+][Br]. The summed E-state index contributed by atoms with van der Waals surface area (Å²) in [5.74, 6) is 0.653. The van der Waals surface area contributed by atoms with Gasteiger partial charge in [0, 0.05) is 4.47 Å². The molecular formula is C20H28Br2Zn. The second-order valence-corrected chi connectivity index (χ2v) is 6.35. The number of aryl methyl sites for hydroxylation is 2. The van der Waals surface area contributed by atoms with Gasteiger partial charge in [-0.15, -0.1) is 0 Å². The molecule has 23 heavy (non-hydrogen) atoms. The predicted molar refractivity (Wildman–Crippen MR) is 109 cm³/mol. The van der Waals surface area contributed by atoms with Crippen molar-refractivity contribution in [1.82, 2.24) is 0 Å². The third kappa shape index (κ3) is 15.3. The molecule has 0 aromatic heterocycles. The molecule has 0 saturated carbocycles. The van der Waals surface area contributed by atoms with E-state index < -0.39 is 0 Å². The van der Waals surface area contributed by atoms with E-state index in [-0.39, 0.29) is 0 Å². The van der Waals surface area contributed by atoms with Crippen molar-refractivity contribution >= 4 is 29.6 Å². The summed E-state index contributed by atoms with van der Waals surface area (Å²) in [6.45, 7) is 12.6. The summed E-state index contributed by atoms with van der Waals surface area (Å²) in [6.07, 6.45) is 2.00. The molecule has 0 fully saturated rings. The van der Waals surface area contributed by atoms with E-state index in [1.807, 2.05) is 32.4 Å². The Labute approximate surface area is 168 Å². The molecule has 0 saturated heterocycles. The van der Waals surface area contributed by atoms with Crippen molar-refractivity contribution in [2.45, 2.75) is 47.5 Å². The van der Waals surface area contributed by atoms with Gasteiger partial charge in [0.15, 0.2) is 0 Å². The molecule has 0 aliphatic heterocycles. The minimum absolute atomic E-state index is 0.653. The first-order valence-electron chi connectivity index (χ1n) is 7.70. The Bertz CT molecular complexity index is 455. The fourth-order valence-corrected chi connectivity index (χ4v) is 1.75. The molecular weight excluding hydrogens is 465 g/mol. The van der Waals surface area contributed by atoms with Crippen molar-refractivity contribution in [3.63, 3.8) is 0 Å². The van der Waals surface area contributed by atoms with E-state index in [4.69, 9.17) is 0 Å². The normalized spacial score (nSPS) is 8.83. The number of rotatable bonds is 1. The van der Waals surface area contributed by atoms with Crippen molar-refractivity contribution in [2.75, 3.05) is 0 Å². The molecule has 2 rings (SSSR count). The first-order valence-corrected chi connectivity index (χ1v) is 15.4. The van der Waals surface area contributed by atoms with Gasteiger partial charge in [-0.05, 0) is 37.5 Å². The van der Waals surface area contributed by atoms with E-state index >= 15 is 0 Å². The average Bonchev–Trinajstić information content (AvgIpc) is 2.54. The molecule has 2 aromatic rings. The van der Waals surface area contributed by atoms with Gasteiger partial charge in [0.2, 0.25) is 0 Å². The first kappa shape index (κ1) is 25.3. The molecule has 0 amide bonds. The Morgan fingerprint density at radius 3 is 1.35 bits per heavy atom. The first-order chi connectivity index (χ1) is 10.9. The van der Waals surface area contributed by atoms with Crippen molar-refractivity contribution in [2.24, 2.45) is 0 Å². The maximum atomic E-state index is 3.35. The Hall–Kier alpha value is 0.0234. The van der Waals surface area contributed by atoms with Gasteiger partial charge in [0.1, 0.15) is 0 Å². The predicted octanol–water partition coefficient (Wildman–Crippen LogP) is 7.95. The Kier molecular flexibility index (Phi) is 18.5. The third-order valence-electron chi connectivity index (χ3n) is 2.75. The van der Waals surface area contributed by atoms with E-state index in [1.54, 1.807) is 0 Å². The van der Waals surface area contributed by atoms with Crippen LogP contribution < -0.4 is 0 Å². The monoisotopic (exact) mass is 490 g/mol. The molecule has 0 heterocycles. The van der Waals surface area contributed by atoms with Crippen molar-refractivity contribution in [3.05, 3.63) is 76.1 Å². The van der Waals surface area contributed by atoms with Crippen LogP contribution in [-0.4, -0.2) is 0 Å². The van der Waals surface area contributed by atoms with Gasteiger partial charge in [-0.2, -0.15) is 13.8 Å². The summed E-state index contributed by atoms with van der Waals surface area (Å²) >= 11 is 7.60. The molecule has 0 N–H and O–H groups in total. The number of hydrogen-bond donors (Lipinski definition) is 0. The molecule has 0 aliphatic rings. The molecule has 2 aromatic carbocycles. The summed E-state index contributed by atoms with van der Waals surface area (Å²) in [6, 6.07) is 16.9. The molecule has 3 heteroatoms. The van der Waals surface area contributed by atoms with Crippen LogP contribution >= 0.6 is 29.6 Å². The number of hydrogen-bond acceptors (Lipinski definition) is 0. The Balaban J connectivity index is 0. The van der Waals surface area contributed by atoms with Crippen LogP contribution in [0.2, 0.25) is 0 Å². The summed E-state index contributed by atoms with van der Waals surface area (Å²) in [7, 11) is 0. The van der Waals surface area contributed by atoms with Gasteiger partial charge >= 0.3 is 30.0 Å². The van der Waals surface area contributed by atoms with Crippen molar-refractivity contribution in [3.8, 4) is 0 Å². The fraction of sp³-hybridized carbons (Fsp3) is 0.350. The van der Waals surface area contributed by atoms with Gasteiger partial charge in [0.25, 0.3) is 0 Å². The molecule has 0 unspecified atom stereocenters. The van der Waals surface area contributed by atoms with E-state index in [9.17, 15) is 0 Å². The standard InChI is InChI=1S/C10H14.C7H7Br.C3H7.BrH.Zn/c1-8(2)10-6-4-9(3)5-7-10;1-6-2-4-7(8)5-3-6;1-3-2;;/h4-8H,1-3H3;2-5H,1H3;3H,1-2H3;1H;/q;;-1;;+2/p-1. The summed E-state index contributed by atoms with van der Waals surface area (Å²) in [5.41, 5.74) is 4.06. The summed E-state index contributed by atoms with van der Waals surface area (Å²) in [5, 5.41) is 0. The van der Waals surface area contributed by atoms with E-state index in [2.05, 4.69) is 93.6 Å². The second kappa shape index (κ2) is 16.9. The van der Waals surface area contributed by atoms with Crippen LogP contribution in [0.3, 0.4) is 0 Å². The van der Waals surface area contributed by atoms with Gasteiger partial charge in [0.05, 0.1) is 0 Å². The van der Waals surface area contributed by atoms with Crippen LogP contribution in [-0.2, 0) is 16.3 Å². The molecule has 0 nitrogen and oxygen atoms in total. The third-order valence-corrected chi connectivity index (χ3v) is 3.28. The van der Waals surface area contributed by atoms with Crippen LogP contribution in [0, 0.1) is 20.3 Å². The topological polar surface area (TPSA) is 0 Å².